The smallest absolute Gasteiger partial charge is 0.312 e. The first-order valence-corrected chi connectivity index (χ1v) is 7.40. The Balaban J connectivity index is 1.80. The molecule has 0 amide bonds. The summed E-state index contributed by atoms with van der Waals surface area (Å²) in [6.45, 7) is 2.24. The third-order valence-electron chi connectivity index (χ3n) is 4.13. The molecule has 0 bridgehead atoms. The lowest BCUT2D eigenvalue weighted by atomic mass is 10.0. The molecule has 2 N–H and O–H groups in total. The Morgan fingerprint density at radius 2 is 2.22 bits per heavy atom. The fourth-order valence-electron chi connectivity index (χ4n) is 3.06. The highest BCUT2D eigenvalue weighted by Crippen LogP contribution is 2.40. The number of hydrogen-bond acceptors (Lipinski definition) is 4. The van der Waals surface area contributed by atoms with Crippen LogP contribution in [0, 0.1) is 0 Å². The third-order valence-corrected chi connectivity index (χ3v) is 5.18. The summed E-state index contributed by atoms with van der Waals surface area (Å²) in [6.07, 6.45) is 6.47. The van der Waals surface area contributed by atoms with E-state index < -0.39 is 5.97 Å². The number of carboxylic acid groups (broad SMARTS) is 1. The van der Waals surface area contributed by atoms with E-state index in [9.17, 15) is 4.79 Å². The van der Waals surface area contributed by atoms with Gasteiger partial charge in [-0.05, 0) is 32.6 Å². The number of nitrogens with zero attached hydrogens (tertiary/aromatic N) is 1. The fourth-order valence-corrected chi connectivity index (χ4v) is 4.25. The van der Waals surface area contributed by atoms with Gasteiger partial charge in [0.15, 0.2) is 5.13 Å². The van der Waals surface area contributed by atoms with Gasteiger partial charge in [0.2, 0.25) is 0 Å². The highest BCUT2D eigenvalue weighted by atomic mass is 32.1. The molecule has 98 valence electrons. The molecule has 18 heavy (non-hydrogen) atoms. The number of aryl methyl sites for hydroxylation is 1. The largest absolute Gasteiger partial charge is 0.481 e. The van der Waals surface area contributed by atoms with Gasteiger partial charge in [0.25, 0.3) is 0 Å². The quantitative estimate of drug-likeness (QED) is 0.883. The van der Waals surface area contributed by atoms with E-state index in [-0.39, 0.29) is 11.5 Å². The van der Waals surface area contributed by atoms with Crippen molar-refractivity contribution in [3.05, 3.63) is 10.6 Å². The molecule has 3 rings (SSSR count). The highest BCUT2D eigenvalue weighted by molar-refractivity contribution is 7.15. The maximum atomic E-state index is 11.1. The summed E-state index contributed by atoms with van der Waals surface area (Å²) in [4.78, 5) is 16.8. The van der Waals surface area contributed by atoms with Gasteiger partial charge in [-0.15, -0.1) is 11.3 Å². The van der Waals surface area contributed by atoms with Crippen LogP contribution in [0.3, 0.4) is 0 Å². The molecule has 4 nitrogen and oxygen atoms in total. The van der Waals surface area contributed by atoms with E-state index in [0.717, 1.165) is 22.1 Å². The van der Waals surface area contributed by atoms with Crippen LogP contribution >= 0.6 is 11.3 Å². The first-order valence-electron chi connectivity index (χ1n) is 6.58. The summed E-state index contributed by atoms with van der Waals surface area (Å²) in [5, 5.41) is 13.6. The van der Waals surface area contributed by atoms with Gasteiger partial charge in [-0.25, -0.2) is 4.98 Å². The average Bonchev–Trinajstić information content (AvgIpc) is 2.93. The first-order chi connectivity index (χ1) is 8.57. The van der Waals surface area contributed by atoms with Crippen molar-refractivity contribution in [1.29, 1.82) is 0 Å². The van der Waals surface area contributed by atoms with Crippen molar-refractivity contribution in [3.8, 4) is 0 Å². The van der Waals surface area contributed by atoms with Gasteiger partial charge >= 0.3 is 5.97 Å². The Morgan fingerprint density at radius 1 is 1.50 bits per heavy atom. The zero-order chi connectivity index (χ0) is 12.8. The molecule has 0 radical (unpaired) electrons. The molecule has 1 unspecified atom stereocenters. The Morgan fingerprint density at radius 3 is 2.89 bits per heavy atom. The van der Waals surface area contributed by atoms with E-state index in [1.54, 1.807) is 11.3 Å². The number of hydrogen-bond donors (Lipinski definition) is 2. The van der Waals surface area contributed by atoms with Crippen LogP contribution in [0.1, 0.15) is 55.5 Å². The second-order valence-corrected chi connectivity index (χ2v) is 6.73. The van der Waals surface area contributed by atoms with Crippen molar-refractivity contribution >= 4 is 22.4 Å². The zero-order valence-electron chi connectivity index (χ0n) is 10.5. The molecule has 1 aromatic rings. The van der Waals surface area contributed by atoms with Gasteiger partial charge in [-0.3, -0.25) is 4.79 Å². The fraction of sp³-hybridized carbons (Fsp3) is 0.692. The SMILES string of the molecule is CC1(Nc2nc3c(s2)CCC3C(=O)O)CCCC1. The van der Waals surface area contributed by atoms with Crippen LogP contribution in [-0.4, -0.2) is 21.6 Å². The van der Waals surface area contributed by atoms with Gasteiger partial charge in [0.1, 0.15) is 5.92 Å². The molecule has 1 heterocycles. The lowest BCUT2D eigenvalue weighted by Gasteiger charge is -2.24. The minimum absolute atomic E-state index is 0.157. The molecule has 0 saturated heterocycles. The van der Waals surface area contributed by atoms with Crippen LogP contribution in [0.5, 0.6) is 0 Å². The molecule has 5 heteroatoms. The van der Waals surface area contributed by atoms with Gasteiger partial charge in [-0.1, -0.05) is 12.8 Å². The predicted molar refractivity (Wildman–Crippen MR) is 71.3 cm³/mol. The number of fused-ring (bicyclic) bond motifs is 1. The summed E-state index contributed by atoms with van der Waals surface area (Å²) in [6, 6.07) is 0. The molecule has 1 fully saturated rings. The second-order valence-electron chi connectivity index (χ2n) is 5.65. The molecular weight excluding hydrogens is 248 g/mol. The van der Waals surface area contributed by atoms with E-state index in [1.165, 1.54) is 25.7 Å². The molecule has 2 aliphatic rings. The zero-order valence-corrected chi connectivity index (χ0v) is 11.3. The number of aliphatic carboxylic acids is 1. The van der Waals surface area contributed by atoms with E-state index in [2.05, 4.69) is 17.2 Å². The summed E-state index contributed by atoms with van der Waals surface area (Å²) < 4.78 is 0. The van der Waals surface area contributed by atoms with E-state index in [0.29, 0.717) is 6.42 Å². The summed E-state index contributed by atoms with van der Waals surface area (Å²) in [5.41, 5.74) is 0.959. The van der Waals surface area contributed by atoms with Crippen LogP contribution < -0.4 is 5.32 Å². The summed E-state index contributed by atoms with van der Waals surface area (Å²) >= 11 is 1.64. The molecular formula is C13H18N2O2S. The van der Waals surface area contributed by atoms with Crippen molar-refractivity contribution < 1.29 is 9.90 Å². The normalized spacial score (nSPS) is 25.1. The third kappa shape index (κ3) is 2.00. The van der Waals surface area contributed by atoms with Crippen molar-refractivity contribution in [2.24, 2.45) is 0 Å². The lowest BCUT2D eigenvalue weighted by Crippen LogP contribution is -2.30. The number of thiazole rings is 1. The van der Waals surface area contributed by atoms with Crippen LogP contribution in [0.4, 0.5) is 5.13 Å². The Labute approximate surface area is 110 Å². The van der Waals surface area contributed by atoms with Crippen molar-refractivity contribution in [1.82, 2.24) is 4.98 Å². The standard InChI is InChI=1S/C13H18N2O2S/c1-13(6-2-3-7-13)15-12-14-10-8(11(16)17)4-5-9(10)18-12/h8H,2-7H2,1H3,(H,14,15)(H,16,17). The van der Waals surface area contributed by atoms with E-state index >= 15 is 0 Å². The second kappa shape index (κ2) is 4.23. The van der Waals surface area contributed by atoms with E-state index in [4.69, 9.17) is 5.11 Å². The minimum atomic E-state index is -0.738. The number of carboxylic acids is 1. The Hall–Kier alpha value is -1.10. The maximum absolute atomic E-state index is 11.1. The van der Waals surface area contributed by atoms with Gasteiger partial charge in [0, 0.05) is 10.4 Å². The molecule has 1 atom stereocenters. The topological polar surface area (TPSA) is 62.2 Å². The minimum Gasteiger partial charge on any atom is -0.481 e. The van der Waals surface area contributed by atoms with Crippen LogP contribution in [0.15, 0.2) is 0 Å². The van der Waals surface area contributed by atoms with Crippen molar-refractivity contribution in [3.63, 3.8) is 0 Å². The summed E-state index contributed by atoms with van der Waals surface area (Å²) in [5.74, 6) is -1.12. The lowest BCUT2D eigenvalue weighted by molar-refractivity contribution is -0.138. The predicted octanol–water partition coefficient (Wildman–Crippen LogP) is 3.00. The first kappa shape index (κ1) is 12.0. The number of nitrogens with one attached hydrogen (secondary N) is 1. The Kier molecular flexibility index (Phi) is 2.81. The molecule has 2 aliphatic carbocycles. The van der Waals surface area contributed by atoms with Crippen molar-refractivity contribution in [2.45, 2.75) is 56.9 Å². The van der Waals surface area contributed by atoms with Crippen LogP contribution in [0.2, 0.25) is 0 Å². The van der Waals surface area contributed by atoms with Gasteiger partial charge in [0.05, 0.1) is 5.69 Å². The average molecular weight is 266 g/mol. The van der Waals surface area contributed by atoms with E-state index in [1.807, 2.05) is 0 Å². The molecule has 1 aromatic heterocycles. The maximum Gasteiger partial charge on any atom is 0.312 e. The molecule has 0 aromatic carbocycles. The monoisotopic (exact) mass is 266 g/mol. The van der Waals surface area contributed by atoms with Crippen molar-refractivity contribution in [2.75, 3.05) is 5.32 Å². The molecule has 0 spiro atoms. The Bertz CT molecular complexity index is 477. The van der Waals surface area contributed by atoms with Crippen LogP contribution in [-0.2, 0) is 11.2 Å². The van der Waals surface area contributed by atoms with Gasteiger partial charge < -0.3 is 10.4 Å². The summed E-state index contributed by atoms with van der Waals surface area (Å²) in [7, 11) is 0. The number of anilines is 1. The molecule has 0 aliphatic heterocycles. The highest BCUT2D eigenvalue weighted by Gasteiger charge is 2.34. The number of carbonyl (C=O) groups is 1. The molecule has 1 saturated carbocycles. The number of aromatic nitrogens is 1. The van der Waals surface area contributed by atoms with Crippen LogP contribution in [0.25, 0.3) is 0 Å². The van der Waals surface area contributed by atoms with Gasteiger partial charge in [-0.2, -0.15) is 0 Å². The number of rotatable bonds is 3.